The summed E-state index contributed by atoms with van der Waals surface area (Å²) in [4.78, 5) is 14.4. The third-order valence-electron chi connectivity index (χ3n) is 4.22. The average molecular weight is 286 g/mol. The number of aromatic nitrogens is 1. The third-order valence-corrected chi connectivity index (χ3v) is 4.22. The molecule has 4 heteroatoms. The maximum absolute atomic E-state index is 11.7. The predicted octanol–water partition coefficient (Wildman–Crippen LogP) is 2.69. The summed E-state index contributed by atoms with van der Waals surface area (Å²) in [5.74, 6) is 1.58. The zero-order valence-electron chi connectivity index (χ0n) is 12.4. The van der Waals surface area contributed by atoms with Gasteiger partial charge >= 0.3 is 0 Å². The maximum atomic E-state index is 11.7. The molecule has 2 atom stereocenters. The molecule has 21 heavy (non-hydrogen) atoms. The van der Waals surface area contributed by atoms with Gasteiger partial charge in [-0.1, -0.05) is 6.92 Å². The Kier molecular flexibility index (Phi) is 4.25. The molecule has 112 valence electrons. The van der Waals surface area contributed by atoms with Gasteiger partial charge in [0.15, 0.2) is 0 Å². The molecule has 1 aromatic carbocycles. The van der Waals surface area contributed by atoms with Crippen molar-refractivity contribution in [3.8, 4) is 5.75 Å². The van der Waals surface area contributed by atoms with Crippen LogP contribution in [0.15, 0.2) is 35.3 Å². The van der Waals surface area contributed by atoms with Crippen molar-refractivity contribution < 1.29 is 4.74 Å². The van der Waals surface area contributed by atoms with E-state index in [2.05, 4.69) is 17.2 Å². The summed E-state index contributed by atoms with van der Waals surface area (Å²) in [6.07, 6.45) is 5.43. The topological polar surface area (TPSA) is 54.1 Å². The second-order valence-electron chi connectivity index (χ2n) is 5.78. The molecule has 3 rings (SSSR count). The van der Waals surface area contributed by atoms with Crippen molar-refractivity contribution in [1.29, 1.82) is 0 Å². The van der Waals surface area contributed by atoms with Crippen LogP contribution in [0, 0.1) is 5.92 Å². The van der Waals surface area contributed by atoms with Crippen molar-refractivity contribution >= 4 is 10.8 Å². The second-order valence-corrected chi connectivity index (χ2v) is 5.78. The molecule has 1 aliphatic rings. The van der Waals surface area contributed by atoms with Crippen molar-refractivity contribution in [1.82, 2.24) is 10.3 Å². The van der Waals surface area contributed by atoms with Gasteiger partial charge in [-0.25, -0.2) is 0 Å². The third kappa shape index (κ3) is 3.27. The molecule has 1 aliphatic carbocycles. The van der Waals surface area contributed by atoms with Gasteiger partial charge in [0.05, 0.1) is 6.10 Å². The lowest BCUT2D eigenvalue weighted by molar-refractivity contribution is 0.204. The quantitative estimate of drug-likeness (QED) is 0.888. The summed E-state index contributed by atoms with van der Waals surface area (Å²) in [6.45, 7) is 4.25. The molecule has 0 spiro atoms. The van der Waals surface area contributed by atoms with Crippen LogP contribution in [0.4, 0.5) is 0 Å². The van der Waals surface area contributed by atoms with Crippen LogP contribution in [0.3, 0.4) is 0 Å². The van der Waals surface area contributed by atoms with Gasteiger partial charge in [0.25, 0.3) is 5.56 Å². The fourth-order valence-electron chi connectivity index (χ4n) is 3.11. The SMILES string of the molecule is CCNC[C@H]1CC[C@@H](Oc2ccc3c(=O)[nH]ccc3c2)C1. The van der Waals surface area contributed by atoms with Gasteiger partial charge in [-0.3, -0.25) is 4.79 Å². The number of pyridine rings is 1. The largest absolute Gasteiger partial charge is 0.490 e. The fraction of sp³-hybridized carbons (Fsp3) is 0.471. The van der Waals surface area contributed by atoms with Gasteiger partial charge in [0, 0.05) is 11.6 Å². The number of hydrogen-bond acceptors (Lipinski definition) is 3. The van der Waals surface area contributed by atoms with Crippen LogP contribution in [0.2, 0.25) is 0 Å². The molecular weight excluding hydrogens is 264 g/mol. The van der Waals surface area contributed by atoms with Gasteiger partial charge < -0.3 is 15.0 Å². The molecule has 0 radical (unpaired) electrons. The van der Waals surface area contributed by atoms with Gasteiger partial charge in [0.2, 0.25) is 0 Å². The first-order valence-corrected chi connectivity index (χ1v) is 7.75. The van der Waals surface area contributed by atoms with E-state index in [0.717, 1.165) is 43.0 Å². The standard InChI is InChI=1S/C17H22N2O2/c1-2-18-11-12-3-4-14(9-12)21-15-5-6-16-13(10-15)7-8-19-17(16)20/h5-8,10,12,14,18H,2-4,9,11H2,1H3,(H,19,20)/t12-,14+/m0/s1. The lowest BCUT2D eigenvalue weighted by Gasteiger charge is -2.15. The van der Waals surface area contributed by atoms with Crippen molar-refractivity contribution in [2.75, 3.05) is 13.1 Å². The molecule has 0 bridgehead atoms. The Balaban J connectivity index is 1.67. The minimum atomic E-state index is -0.0504. The summed E-state index contributed by atoms with van der Waals surface area (Å²) in [6, 6.07) is 7.61. The number of ether oxygens (including phenoxy) is 1. The normalized spacial score (nSPS) is 21.8. The van der Waals surface area contributed by atoms with Crippen LogP contribution >= 0.6 is 0 Å². The Morgan fingerprint density at radius 2 is 2.24 bits per heavy atom. The lowest BCUT2D eigenvalue weighted by atomic mass is 10.1. The lowest BCUT2D eigenvalue weighted by Crippen LogP contribution is -2.22. The van der Waals surface area contributed by atoms with E-state index in [4.69, 9.17) is 4.74 Å². The molecule has 1 aromatic heterocycles. The monoisotopic (exact) mass is 286 g/mol. The molecule has 4 nitrogen and oxygen atoms in total. The van der Waals surface area contributed by atoms with E-state index in [0.29, 0.717) is 11.5 Å². The van der Waals surface area contributed by atoms with Crippen molar-refractivity contribution in [3.05, 3.63) is 40.8 Å². The zero-order chi connectivity index (χ0) is 14.7. The summed E-state index contributed by atoms with van der Waals surface area (Å²) in [7, 11) is 0. The number of nitrogens with one attached hydrogen (secondary N) is 2. The molecular formula is C17H22N2O2. The molecule has 0 aliphatic heterocycles. The molecule has 2 N–H and O–H groups in total. The molecule has 0 amide bonds. The highest BCUT2D eigenvalue weighted by molar-refractivity contribution is 5.82. The van der Waals surface area contributed by atoms with Gasteiger partial charge in [-0.2, -0.15) is 0 Å². The van der Waals surface area contributed by atoms with Crippen LogP contribution in [-0.4, -0.2) is 24.2 Å². The highest BCUT2D eigenvalue weighted by Crippen LogP contribution is 2.29. The highest BCUT2D eigenvalue weighted by atomic mass is 16.5. The second kappa shape index (κ2) is 6.31. The number of fused-ring (bicyclic) bond motifs is 1. The number of benzene rings is 1. The van der Waals surface area contributed by atoms with Crippen LogP contribution in [0.1, 0.15) is 26.2 Å². The van der Waals surface area contributed by atoms with Crippen LogP contribution < -0.4 is 15.6 Å². The Bertz CT molecular complexity index is 665. The first-order valence-electron chi connectivity index (χ1n) is 7.75. The van der Waals surface area contributed by atoms with E-state index < -0.39 is 0 Å². The van der Waals surface area contributed by atoms with Crippen LogP contribution in [-0.2, 0) is 0 Å². The summed E-state index contributed by atoms with van der Waals surface area (Å²) in [5.41, 5.74) is -0.0504. The summed E-state index contributed by atoms with van der Waals surface area (Å²) < 4.78 is 6.09. The maximum Gasteiger partial charge on any atom is 0.255 e. The van der Waals surface area contributed by atoms with Crippen molar-refractivity contribution in [2.45, 2.75) is 32.3 Å². The van der Waals surface area contributed by atoms with E-state index in [-0.39, 0.29) is 5.56 Å². The first-order chi connectivity index (χ1) is 10.3. The minimum absolute atomic E-state index is 0.0504. The van der Waals surface area contributed by atoms with E-state index >= 15 is 0 Å². The number of rotatable bonds is 5. The first kappa shape index (κ1) is 14.1. The molecule has 2 aromatic rings. The number of hydrogen-bond donors (Lipinski definition) is 2. The Hall–Kier alpha value is -1.81. The van der Waals surface area contributed by atoms with E-state index in [1.165, 1.54) is 6.42 Å². The molecule has 1 heterocycles. The Labute approximate surface area is 124 Å². The zero-order valence-corrected chi connectivity index (χ0v) is 12.4. The minimum Gasteiger partial charge on any atom is -0.490 e. The van der Waals surface area contributed by atoms with Crippen LogP contribution in [0.5, 0.6) is 5.75 Å². The van der Waals surface area contributed by atoms with E-state index in [1.54, 1.807) is 6.20 Å². The number of H-pyrrole nitrogens is 1. The van der Waals surface area contributed by atoms with Gasteiger partial charge in [0.1, 0.15) is 5.75 Å². The molecule has 0 unspecified atom stereocenters. The van der Waals surface area contributed by atoms with Gasteiger partial charge in [-0.15, -0.1) is 0 Å². The summed E-state index contributed by atoms with van der Waals surface area (Å²) >= 11 is 0. The Morgan fingerprint density at radius 1 is 1.33 bits per heavy atom. The molecule has 1 fully saturated rings. The smallest absolute Gasteiger partial charge is 0.255 e. The van der Waals surface area contributed by atoms with Crippen molar-refractivity contribution in [3.63, 3.8) is 0 Å². The van der Waals surface area contributed by atoms with E-state index in [9.17, 15) is 4.79 Å². The van der Waals surface area contributed by atoms with E-state index in [1.807, 2.05) is 24.3 Å². The highest BCUT2D eigenvalue weighted by Gasteiger charge is 2.25. The average Bonchev–Trinajstić information content (AvgIpc) is 2.93. The Morgan fingerprint density at radius 3 is 3.10 bits per heavy atom. The van der Waals surface area contributed by atoms with Gasteiger partial charge in [-0.05, 0) is 67.9 Å². The summed E-state index contributed by atoms with van der Waals surface area (Å²) in [5, 5.41) is 5.05. The van der Waals surface area contributed by atoms with Crippen molar-refractivity contribution in [2.24, 2.45) is 5.92 Å². The molecule has 0 saturated heterocycles. The predicted molar refractivity (Wildman–Crippen MR) is 84.9 cm³/mol. The van der Waals surface area contributed by atoms with Crippen LogP contribution in [0.25, 0.3) is 10.8 Å². The number of aromatic amines is 1. The molecule has 1 saturated carbocycles. The fourth-order valence-corrected chi connectivity index (χ4v) is 3.11.